The Bertz CT molecular complexity index is 128. The molecule has 1 unspecified atom stereocenters. The van der Waals surface area contributed by atoms with Crippen LogP contribution in [0.3, 0.4) is 0 Å². The van der Waals surface area contributed by atoms with Gasteiger partial charge >= 0.3 is 0 Å². The number of azo groups is 2. The second kappa shape index (κ2) is 1.54. The fourth-order valence-electron chi connectivity index (χ4n) is 1.64. The van der Waals surface area contributed by atoms with Crippen LogP contribution < -0.4 is 0 Å². The predicted octanol–water partition coefficient (Wildman–Crippen LogP) is 1.02. The van der Waals surface area contributed by atoms with Crippen LogP contribution in [0.15, 0.2) is 5.11 Å². The van der Waals surface area contributed by atoms with Crippen molar-refractivity contribution >= 4 is 0 Å². The molecule has 8 heavy (non-hydrogen) atoms. The Morgan fingerprint density at radius 1 is 1.38 bits per heavy atom. The first-order chi connectivity index (χ1) is 3.97. The first-order valence-corrected chi connectivity index (χ1v) is 3.41. The maximum absolute atomic E-state index is 4.33. The van der Waals surface area contributed by atoms with E-state index in [1.165, 1.54) is 25.8 Å². The molecule has 0 saturated carbocycles. The van der Waals surface area contributed by atoms with Gasteiger partial charge in [0.25, 0.3) is 0 Å². The van der Waals surface area contributed by atoms with E-state index < -0.39 is 0 Å². The molecule has 1 atom stereocenters. The Kier molecular flexibility index (Phi) is 0.861. The fraction of sp³-hybridized carbons (Fsp3) is 1.00. The van der Waals surface area contributed by atoms with Gasteiger partial charge in [-0.1, -0.05) is 0 Å². The first-order valence-electron chi connectivity index (χ1n) is 3.41. The highest BCUT2D eigenvalue weighted by Gasteiger charge is 2.32. The average Bonchev–Trinajstić information content (AvgIpc) is 2.15. The van der Waals surface area contributed by atoms with E-state index in [4.69, 9.17) is 0 Å². The lowest BCUT2D eigenvalue weighted by molar-refractivity contribution is -0.594. The summed E-state index contributed by atoms with van der Waals surface area (Å²) in [6.45, 7) is 2.31. The van der Waals surface area contributed by atoms with E-state index in [9.17, 15) is 0 Å². The summed E-state index contributed by atoms with van der Waals surface area (Å²) < 4.78 is 2.26. The monoisotopic (exact) mass is 111 g/mol. The van der Waals surface area contributed by atoms with Gasteiger partial charge in [-0.3, -0.25) is 0 Å². The molecule has 0 bridgehead atoms. The molecule has 0 aromatic carbocycles. The standard InChI is InChI=1S/C6H11N2/c1-2-6-3-4-7-8(6)5-1/h6H,1-5H2/q+1. The summed E-state index contributed by atoms with van der Waals surface area (Å²) in [6, 6.07) is 0.843. The topological polar surface area (TPSA) is 15.4 Å². The Labute approximate surface area is 49.2 Å². The first kappa shape index (κ1) is 4.48. The summed E-state index contributed by atoms with van der Waals surface area (Å²) in [5.74, 6) is 0. The van der Waals surface area contributed by atoms with Crippen LogP contribution in [0.25, 0.3) is 0 Å². The molecule has 44 valence electrons. The summed E-state index contributed by atoms with van der Waals surface area (Å²) in [5, 5.41) is 4.33. The average molecular weight is 111 g/mol. The minimum atomic E-state index is 0.843. The second-order valence-corrected chi connectivity index (χ2v) is 2.61. The molecule has 0 aromatic heterocycles. The molecule has 0 N–H and O–H groups in total. The van der Waals surface area contributed by atoms with Crippen LogP contribution >= 0.6 is 0 Å². The molecule has 0 radical (unpaired) electrons. The van der Waals surface area contributed by atoms with E-state index in [0.717, 1.165) is 12.6 Å². The largest absolute Gasteiger partial charge is 0.180 e. The number of hydrogen-bond acceptors (Lipinski definition) is 1. The molecule has 2 rings (SSSR count). The molecule has 0 amide bonds. The summed E-state index contributed by atoms with van der Waals surface area (Å²) >= 11 is 0. The lowest BCUT2D eigenvalue weighted by Gasteiger charge is -1.89. The Hall–Kier alpha value is -0.400. The van der Waals surface area contributed by atoms with Gasteiger partial charge in [0.15, 0.2) is 12.6 Å². The fourth-order valence-corrected chi connectivity index (χ4v) is 1.64. The summed E-state index contributed by atoms with van der Waals surface area (Å²) in [7, 11) is 0. The number of fused-ring (bicyclic) bond motifs is 1. The van der Waals surface area contributed by atoms with E-state index in [2.05, 4.69) is 9.81 Å². The van der Waals surface area contributed by atoms with Crippen LogP contribution in [0.5, 0.6) is 0 Å². The van der Waals surface area contributed by atoms with Crippen molar-refractivity contribution in [3.8, 4) is 0 Å². The van der Waals surface area contributed by atoms with E-state index in [1.54, 1.807) is 0 Å². The molecule has 0 aliphatic carbocycles. The van der Waals surface area contributed by atoms with Crippen molar-refractivity contribution in [3.63, 3.8) is 0 Å². The SMILES string of the molecule is C1CC2CCN=[N+]2C1. The van der Waals surface area contributed by atoms with Gasteiger partial charge in [0.05, 0.1) is 0 Å². The van der Waals surface area contributed by atoms with Gasteiger partial charge in [0.2, 0.25) is 0 Å². The molecular formula is C6H11N2+. The third-order valence-electron chi connectivity index (χ3n) is 2.09. The molecule has 0 spiro atoms. The highest BCUT2D eigenvalue weighted by molar-refractivity contribution is 4.65. The van der Waals surface area contributed by atoms with Gasteiger partial charge in [0.1, 0.15) is 6.54 Å². The van der Waals surface area contributed by atoms with Crippen molar-refractivity contribution in [2.24, 2.45) is 5.11 Å². The van der Waals surface area contributed by atoms with Crippen molar-refractivity contribution in [2.75, 3.05) is 13.1 Å². The van der Waals surface area contributed by atoms with E-state index in [-0.39, 0.29) is 0 Å². The quantitative estimate of drug-likeness (QED) is 0.415. The number of rotatable bonds is 0. The van der Waals surface area contributed by atoms with Crippen molar-refractivity contribution in [1.82, 2.24) is 0 Å². The molecule has 2 heterocycles. The Morgan fingerprint density at radius 2 is 2.38 bits per heavy atom. The number of nitrogens with zero attached hydrogens (tertiary/aromatic N) is 2. The molecule has 2 nitrogen and oxygen atoms in total. The van der Waals surface area contributed by atoms with Crippen LogP contribution in [0.2, 0.25) is 0 Å². The van der Waals surface area contributed by atoms with Crippen molar-refractivity contribution < 1.29 is 4.70 Å². The van der Waals surface area contributed by atoms with Crippen molar-refractivity contribution in [2.45, 2.75) is 25.3 Å². The molecule has 2 aliphatic heterocycles. The van der Waals surface area contributed by atoms with Crippen LogP contribution in [0, 0.1) is 0 Å². The van der Waals surface area contributed by atoms with E-state index in [1.807, 2.05) is 0 Å². The predicted molar refractivity (Wildman–Crippen MR) is 30.1 cm³/mol. The zero-order chi connectivity index (χ0) is 5.40. The minimum Gasteiger partial charge on any atom is -0.125 e. The van der Waals surface area contributed by atoms with Gasteiger partial charge in [-0.05, 0) is 5.11 Å². The Balaban J connectivity index is 2.20. The van der Waals surface area contributed by atoms with Crippen molar-refractivity contribution in [3.05, 3.63) is 0 Å². The molecule has 1 fully saturated rings. The highest BCUT2D eigenvalue weighted by atomic mass is 15.3. The van der Waals surface area contributed by atoms with Gasteiger partial charge in [-0.25, -0.2) is 0 Å². The molecule has 1 saturated heterocycles. The second-order valence-electron chi connectivity index (χ2n) is 2.61. The zero-order valence-corrected chi connectivity index (χ0v) is 5.01. The van der Waals surface area contributed by atoms with Gasteiger partial charge in [-0.15, -0.1) is 4.70 Å². The zero-order valence-electron chi connectivity index (χ0n) is 5.01. The highest BCUT2D eigenvalue weighted by Crippen LogP contribution is 2.20. The van der Waals surface area contributed by atoms with Crippen LogP contribution in [0.1, 0.15) is 19.3 Å². The van der Waals surface area contributed by atoms with E-state index in [0.29, 0.717) is 0 Å². The van der Waals surface area contributed by atoms with Crippen LogP contribution in [0.4, 0.5) is 0 Å². The third-order valence-corrected chi connectivity index (χ3v) is 2.09. The molecule has 2 heteroatoms. The third kappa shape index (κ3) is 0.487. The Morgan fingerprint density at radius 3 is 3.25 bits per heavy atom. The van der Waals surface area contributed by atoms with Gasteiger partial charge in [0, 0.05) is 19.3 Å². The molecule has 0 aromatic rings. The molecule has 2 aliphatic rings. The van der Waals surface area contributed by atoms with Crippen LogP contribution in [-0.2, 0) is 0 Å². The summed E-state index contributed by atoms with van der Waals surface area (Å²) in [4.78, 5) is 0. The summed E-state index contributed by atoms with van der Waals surface area (Å²) in [6.07, 6.45) is 4.08. The maximum Gasteiger partial charge on any atom is 0.180 e. The maximum atomic E-state index is 4.33. The lowest BCUT2D eigenvalue weighted by atomic mass is 10.2. The van der Waals surface area contributed by atoms with Crippen molar-refractivity contribution in [1.29, 1.82) is 0 Å². The smallest absolute Gasteiger partial charge is 0.125 e. The van der Waals surface area contributed by atoms with Crippen LogP contribution in [-0.4, -0.2) is 23.8 Å². The molecular weight excluding hydrogens is 100 g/mol. The van der Waals surface area contributed by atoms with E-state index >= 15 is 0 Å². The summed E-state index contributed by atoms with van der Waals surface area (Å²) in [5.41, 5.74) is 0. The minimum absolute atomic E-state index is 0.843. The van der Waals surface area contributed by atoms with Gasteiger partial charge < -0.3 is 0 Å². The lowest BCUT2D eigenvalue weighted by Crippen LogP contribution is -2.10. The number of hydrogen-bond donors (Lipinski definition) is 0. The normalized spacial score (nSPS) is 35.0. The van der Waals surface area contributed by atoms with Gasteiger partial charge in [-0.2, -0.15) is 0 Å².